The second-order valence-corrected chi connectivity index (χ2v) is 9.05. The first-order chi connectivity index (χ1) is 17.7. The number of aryl methyl sites for hydroxylation is 1. The van der Waals surface area contributed by atoms with Crippen molar-refractivity contribution in [1.82, 2.24) is 24.6 Å². The molecule has 178 valence electrons. The minimum Gasteiger partial charge on any atom is -0.346 e. The Kier molecular flexibility index (Phi) is 5.70. The molecule has 0 radical (unpaired) electrons. The maximum atomic E-state index is 13.8. The zero-order valence-electron chi connectivity index (χ0n) is 20.2. The van der Waals surface area contributed by atoms with Gasteiger partial charge in [0.15, 0.2) is 0 Å². The quantitative estimate of drug-likeness (QED) is 0.345. The predicted octanol–water partition coefficient (Wildman–Crippen LogP) is 5.91. The van der Waals surface area contributed by atoms with Gasteiger partial charge in [0.05, 0.1) is 11.3 Å². The molecule has 0 aliphatic carbocycles. The van der Waals surface area contributed by atoms with Crippen LogP contribution in [0.15, 0.2) is 91.4 Å². The minimum absolute atomic E-state index is 0.00245. The maximum absolute atomic E-state index is 13.8. The number of aromatic amines is 1. The van der Waals surface area contributed by atoms with Crippen molar-refractivity contribution in [3.05, 3.63) is 108 Å². The largest absolute Gasteiger partial charge is 0.346 e. The van der Waals surface area contributed by atoms with Crippen LogP contribution in [0.5, 0.6) is 0 Å². The zero-order chi connectivity index (χ0) is 24.5. The molecule has 6 heteroatoms. The fourth-order valence-electron chi connectivity index (χ4n) is 4.85. The lowest BCUT2D eigenvalue weighted by Crippen LogP contribution is -2.34. The number of nitrogens with zero attached hydrogens (tertiary/aromatic N) is 4. The van der Waals surface area contributed by atoms with E-state index in [2.05, 4.69) is 53.3 Å². The van der Waals surface area contributed by atoms with E-state index in [1.165, 1.54) is 16.7 Å². The Hall–Kier alpha value is -4.45. The highest BCUT2D eigenvalue weighted by atomic mass is 16.2. The third-order valence-electron chi connectivity index (χ3n) is 6.89. The molecule has 3 aromatic heterocycles. The molecule has 1 amide bonds. The Morgan fingerprint density at radius 3 is 2.61 bits per heavy atom. The SMILES string of the molecule is CCc1ccc(-c2nn(-c3ccccc3)cc2C(=O)N2CC=C(c3c[nH]c4ncccc34)CC2)cc1. The lowest BCUT2D eigenvalue weighted by Gasteiger charge is -2.26. The molecule has 0 unspecified atom stereocenters. The molecular weight excluding hydrogens is 446 g/mol. The van der Waals surface area contributed by atoms with Gasteiger partial charge in [-0.05, 0) is 48.2 Å². The van der Waals surface area contributed by atoms with E-state index >= 15 is 0 Å². The van der Waals surface area contributed by atoms with Crippen LogP contribution in [0.1, 0.15) is 34.8 Å². The molecule has 0 bridgehead atoms. The Labute approximate surface area is 209 Å². The van der Waals surface area contributed by atoms with Crippen LogP contribution in [-0.4, -0.2) is 43.6 Å². The monoisotopic (exact) mass is 473 g/mol. The first-order valence-electron chi connectivity index (χ1n) is 12.4. The molecule has 1 aliphatic rings. The molecule has 4 heterocycles. The molecule has 0 saturated carbocycles. The summed E-state index contributed by atoms with van der Waals surface area (Å²) in [5, 5.41) is 5.97. The van der Waals surface area contributed by atoms with E-state index in [0.29, 0.717) is 24.3 Å². The summed E-state index contributed by atoms with van der Waals surface area (Å²) in [7, 11) is 0. The van der Waals surface area contributed by atoms with Crippen LogP contribution >= 0.6 is 0 Å². The predicted molar refractivity (Wildman–Crippen MR) is 143 cm³/mol. The van der Waals surface area contributed by atoms with Gasteiger partial charge in [-0.3, -0.25) is 4.79 Å². The summed E-state index contributed by atoms with van der Waals surface area (Å²) in [5.74, 6) is 0.00245. The zero-order valence-corrected chi connectivity index (χ0v) is 20.2. The summed E-state index contributed by atoms with van der Waals surface area (Å²) in [5.41, 5.74) is 7.77. The van der Waals surface area contributed by atoms with Crippen LogP contribution in [0.25, 0.3) is 33.6 Å². The van der Waals surface area contributed by atoms with Crippen molar-refractivity contribution in [2.45, 2.75) is 19.8 Å². The second kappa shape index (κ2) is 9.30. The minimum atomic E-state index is 0.00245. The summed E-state index contributed by atoms with van der Waals surface area (Å²) in [4.78, 5) is 23.4. The average Bonchev–Trinajstić information content (AvgIpc) is 3.59. The van der Waals surface area contributed by atoms with Crippen LogP contribution in [0.4, 0.5) is 0 Å². The Bertz CT molecular complexity index is 1560. The summed E-state index contributed by atoms with van der Waals surface area (Å²) < 4.78 is 1.81. The number of hydrogen-bond donors (Lipinski definition) is 1. The first kappa shape index (κ1) is 22.0. The number of rotatable bonds is 5. The van der Waals surface area contributed by atoms with Crippen molar-refractivity contribution >= 4 is 22.5 Å². The molecule has 0 saturated heterocycles. The number of carbonyl (C=O) groups is 1. The van der Waals surface area contributed by atoms with Gasteiger partial charge >= 0.3 is 0 Å². The highest BCUT2D eigenvalue weighted by Crippen LogP contribution is 2.30. The molecule has 0 atom stereocenters. The van der Waals surface area contributed by atoms with Crippen molar-refractivity contribution in [2.75, 3.05) is 13.1 Å². The van der Waals surface area contributed by atoms with Crippen LogP contribution in [0.2, 0.25) is 0 Å². The fraction of sp³-hybridized carbons (Fsp3) is 0.167. The van der Waals surface area contributed by atoms with E-state index in [4.69, 9.17) is 5.10 Å². The summed E-state index contributed by atoms with van der Waals surface area (Å²) in [6.07, 6.45) is 9.60. The van der Waals surface area contributed by atoms with E-state index in [0.717, 1.165) is 35.1 Å². The molecule has 5 aromatic rings. The summed E-state index contributed by atoms with van der Waals surface area (Å²) in [6.45, 7) is 3.35. The maximum Gasteiger partial charge on any atom is 0.258 e. The number of benzene rings is 2. The van der Waals surface area contributed by atoms with Crippen LogP contribution < -0.4 is 0 Å². The normalized spacial score (nSPS) is 13.7. The third kappa shape index (κ3) is 4.01. The second-order valence-electron chi connectivity index (χ2n) is 9.05. The number of aromatic nitrogens is 4. The lowest BCUT2D eigenvalue weighted by atomic mass is 9.99. The van der Waals surface area contributed by atoms with Gasteiger partial charge in [0, 0.05) is 48.2 Å². The van der Waals surface area contributed by atoms with Gasteiger partial charge in [-0.2, -0.15) is 5.10 Å². The van der Waals surface area contributed by atoms with Crippen molar-refractivity contribution in [2.24, 2.45) is 0 Å². The van der Waals surface area contributed by atoms with Crippen molar-refractivity contribution in [3.63, 3.8) is 0 Å². The van der Waals surface area contributed by atoms with E-state index in [9.17, 15) is 4.79 Å². The molecule has 6 rings (SSSR count). The van der Waals surface area contributed by atoms with E-state index in [1.54, 1.807) is 10.9 Å². The molecule has 0 fully saturated rings. The molecule has 1 N–H and O–H groups in total. The molecule has 1 aliphatic heterocycles. The van der Waals surface area contributed by atoms with Crippen LogP contribution in [0, 0.1) is 0 Å². The first-order valence-corrected chi connectivity index (χ1v) is 12.4. The number of nitrogens with one attached hydrogen (secondary N) is 1. The number of pyridine rings is 1. The van der Waals surface area contributed by atoms with Gasteiger partial charge in [0.1, 0.15) is 11.3 Å². The summed E-state index contributed by atoms with van der Waals surface area (Å²) in [6, 6.07) is 22.3. The number of fused-ring (bicyclic) bond motifs is 1. The smallest absolute Gasteiger partial charge is 0.258 e. The summed E-state index contributed by atoms with van der Waals surface area (Å²) >= 11 is 0. The highest BCUT2D eigenvalue weighted by molar-refractivity contribution is 6.00. The van der Waals surface area contributed by atoms with Crippen molar-refractivity contribution in [1.29, 1.82) is 0 Å². The Balaban J connectivity index is 1.32. The Morgan fingerprint density at radius 1 is 1.03 bits per heavy atom. The number of amides is 1. The number of carbonyl (C=O) groups excluding carboxylic acids is 1. The number of H-pyrrole nitrogens is 1. The van der Waals surface area contributed by atoms with Gasteiger partial charge < -0.3 is 9.88 Å². The van der Waals surface area contributed by atoms with Gasteiger partial charge in [-0.25, -0.2) is 9.67 Å². The van der Waals surface area contributed by atoms with Crippen LogP contribution in [0.3, 0.4) is 0 Å². The standard InChI is InChI=1S/C30H27N5O/c1-2-21-10-12-23(13-11-21)28-27(20-35(33-28)24-7-4-3-5-8-24)30(36)34-17-14-22(15-18-34)26-19-32-29-25(26)9-6-16-31-29/h3-14,16,19-20H,2,15,17-18H2,1H3,(H,31,32). The van der Waals surface area contributed by atoms with Crippen molar-refractivity contribution in [3.8, 4) is 16.9 Å². The van der Waals surface area contributed by atoms with Gasteiger partial charge in [-0.1, -0.05) is 55.5 Å². The topological polar surface area (TPSA) is 66.8 Å². The van der Waals surface area contributed by atoms with E-state index < -0.39 is 0 Å². The van der Waals surface area contributed by atoms with Gasteiger partial charge in [0.2, 0.25) is 0 Å². The number of para-hydroxylation sites is 1. The lowest BCUT2D eigenvalue weighted by molar-refractivity contribution is 0.0773. The fourth-order valence-corrected chi connectivity index (χ4v) is 4.85. The Morgan fingerprint density at radius 2 is 1.86 bits per heavy atom. The van der Waals surface area contributed by atoms with Gasteiger partial charge in [0.25, 0.3) is 5.91 Å². The van der Waals surface area contributed by atoms with E-state index in [-0.39, 0.29) is 5.91 Å². The third-order valence-corrected chi connectivity index (χ3v) is 6.89. The van der Waals surface area contributed by atoms with E-state index in [1.807, 2.05) is 53.7 Å². The van der Waals surface area contributed by atoms with Crippen LogP contribution in [-0.2, 0) is 6.42 Å². The molecule has 0 spiro atoms. The molecular formula is C30H27N5O. The van der Waals surface area contributed by atoms with Gasteiger partial charge in [-0.15, -0.1) is 0 Å². The molecule has 2 aromatic carbocycles. The molecule has 6 nitrogen and oxygen atoms in total. The van der Waals surface area contributed by atoms with Crippen molar-refractivity contribution < 1.29 is 4.79 Å². The highest BCUT2D eigenvalue weighted by Gasteiger charge is 2.25. The number of hydrogen-bond acceptors (Lipinski definition) is 3. The average molecular weight is 474 g/mol. The molecule has 36 heavy (non-hydrogen) atoms.